The summed E-state index contributed by atoms with van der Waals surface area (Å²) in [6, 6.07) is 0.702. The summed E-state index contributed by atoms with van der Waals surface area (Å²) in [4.78, 5) is 8.52. The Hall–Kier alpha value is -0.610. The highest BCUT2D eigenvalue weighted by Gasteiger charge is 2.37. The number of hydrogen-bond donors (Lipinski definition) is 1. The van der Waals surface area contributed by atoms with Crippen LogP contribution in [0.1, 0.15) is 36.8 Å². The van der Waals surface area contributed by atoms with E-state index in [0.717, 1.165) is 11.8 Å². The van der Waals surface area contributed by atoms with Gasteiger partial charge in [-0.3, -0.25) is 0 Å². The Balaban J connectivity index is 1.82. The first-order chi connectivity index (χ1) is 9.19. The minimum Gasteiger partial charge on any atom is -0.354 e. The van der Waals surface area contributed by atoms with Crippen LogP contribution in [-0.2, 0) is 12.8 Å². The summed E-state index contributed by atoms with van der Waals surface area (Å²) in [5.74, 6) is 1.73. The van der Waals surface area contributed by atoms with Crippen molar-refractivity contribution in [3.05, 3.63) is 10.6 Å². The molecule has 1 aromatic heterocycles. The molecule has 0 radical (unpaired) electrons. The predicted molar refractivity (Wildman–Crippen MR) is 82.1 cm³/mol. The summed E-state index contributed by atoms with van der Waals surface area (Å²) < 4.78 is 0. The van der Waals surface area contributed by atoms with Crippen LogP contribution in [0.5, 0.6) is 0 Å². The molecule has 2 aliphatic rings. The number of rotatable bonds is 3. The normalized spacial score (nSPS) is 29.7. The summed E-state index contributed by atoms with van der Waals surface area (Å²) in [6.45, 7) is 3.53. The van der Waals surface area contributed by atoms with Gasteiger partial charge >= 0.3 is 0 Å². The van der Waals surface area contributed by atoms with Crippen molar-refractivity contribution >= 4 is 16.5 Å². The molecule has 1 unspecified atom stereocenters. The van der Waals surface area contributed by atoms with Crippen LogP contribution in [-0.4, -0.2) is 31.7 Å². The van der Waals surface area contributed by atoms with Gasteiger partial charge in [-0.1, -0.05) is 19.8 Å². The van der Waals surface area contributed by atoms with Gasteiger partial charge in [0, 0.05) is 25.0 Å². The van der Waals surface area contributed by atoms with Gasteiger partial charge in [-0.2, -0.15) is 0 Å². The fourth-order valence-electron chi connectivity index (χ4n) is 3.71. The number of piperidine rings is 1. The van der Waals surface area contributed by atoms with Gasteiger partial charge in [0.2, 0.25) is 0 Å². The number of anilines is 1. The molecule has 1 saturated heterocycles. The number of nitrogens with zero attached hydrogens (tertiary/aromatic N) is 2. The summed E-state index contributed by atoms with van der Waals surface area (Å²) in [5, 5.41) is 4.93. The van der Waals surface area contributed by atoms with Crippen LogP contribution in [0.2, 0.25) is 0 Å². The molecule has 0 bridgehead atoms. The van der Waals surface area contributed by atoms with E-state index in [9.17, 15) is 0 Å². The molecule has 2 heterocycles. The number of nitrogens with one attached hydrogen (secondary N) is 1. The van der Waals surface area contributed by atoms with E-state index in [1.54, 1.807) is 0 Å². The maximum atomic E-state index is 4.85. The molecule has 106 valence electrons. The van der Waals surface area contributed by atoms with Crippen LogP contribution in [0.25, 0.3) is 0 Å². The monoisotopic (exact) mass is 279 g/mol. The van der Waals surface area contributed by atoms with Crippen LogP contribution in [0.3, 0.4) is 0 Å². The van der Waals surface area contributed by atoms with E-state index in [4.69, 9.17) is 4.98 Å². The number of aromatic nitrogens is 1. The van der Waals surface area contributed by atoms with Crippen LogP contribution >= 0.6 is 11.3 Å². The second kappa shape index (κ2) is 5.41. The lowest BCUT2D eigenvalue weighted by molar-refractivity contribution is 0.165. The fraction of sp³-hybridized carbons (Fsp3) is 0.800. The van der Waals surface area contributed by atoms with E-state index in [0.29, 0.717) is 6.04 Å². The molecule has 1 aromatic rings. The largest absolute Gasteiger partial charge is 0.354 e. The Kier molecular flexibility index (Phi) is 3.81. The van der Waals surface area contributed by atoms with Crippen LogP contribution in [0.4, 0.5) is 5.13 Å². The van der Waals surface area contributed by atoms with Gasteiger partial charge in [-0.25, -0.2) is 4.98 Å². The van der Waals surface area contributed by atoms with Crippen LogP contribution in [0, 0.1) is 11.8 Å². The molecule has 19 heavy (non-hydrogen) atoms. The van der Waals surface area contributed by atoms with E-state index in [-0.39, 0.29) is 0 Å². The van der Waals surface area contributed by atoms with E-state index in [1.807, 2.05) is 11.3 Å². The lowest BCUT2D eigenvalue weighted by Gasteiger charge is -2.41. The molecule has 0 saturated carbocycles. The lowest BCUT2D eigenvalue weighted by Crippen LogP contribution is -2.50. The Morgan fingerprint density at radius 3 is 2.95 bits per heavy atom. The average molecular weight is 279 g/mol. The molecule has 3 atom stereocenters. The van der Waals surface area contributed by atoms with Gasteiger partial charge in [0.15, 0.2) is 5.13 Å². The van der Waals surface area contributed by atoms with Crippen molar-refractivity contribution in [3.8, 4) is 0 Å². The molecule has 1 N–H and O–H groups in total. The van der Waals surface area contributed by atoms with E-state index in [2.05, 4.69) is 31.2 Å². The molecule has 3 rings (SSSR count). The van der Waals surface area contributed by atoms with Gasteiger partial charge < -0.3 is 10.2 Å². The third-order valence-electron chi connectivity index (χ3n) is 4.69. The first-order valence-electron chi connectivity index (χ1n) is 7.58. The summed E-state index contributed by atoms with van der Waals surface area (Å²) in [7, 11) is 4.19. The molecular weight excluding hydrogens is 254 g/mol. The highest BCUT2D eigenvalue weighted by molar-refractivity contribution is 7.15. The molecular formula is C15H25N3S. The third kappa shape index (κ3) is 2.52. The third-order valence-corrected chi connectivity index (χ3v) is 5.98. The molecule has 1 fully saturated rings. The van der Waals surface area contributed by atoms with Crippen molar-refractivity contribution in [1.29, 1.82) is 0 Å². The fourth-order valence-corrected chi connectivity index (χ4v) is 4.78. The van der Waals surface area contributed by atoms with Gasteiger partial charge in [0.25, 0.3) is 0 Å². The summed E-state index contributed by atoms with van der Waals surface area (Å²) >= 11 is 1.89. The quantitative estimate of drug-likeness (QED) is 0.922. The standard InChI is InChI=1S/C15H25N3S/c1-4-5-10-6-7-16-12-9-14-13(8-11(10)12)17-15(19-14)18(2)3/h10-12,16H,4-9H2,1-3H3/t10?,11-,12+/m0/s1. The summed E-state index contributed by atoms with van der Waals surface area (Å²) in [5.41, 5.74) is 1.39. The van der Waals surface area contributed by atoms with E-state index >= 15 is 0 Å². The van der Waals surface area contributed by atoms with E-state index in [1.165, 1.54) is 54.4 Å². The zero-order chi connectivity index (χ0) is 13.4. The Morgan fingerprint density at radius 2 is 2.21 bits per heavy atom. The van der Waals surface area contributed by atoms with Gasteiger partial charge in [-0.15, -0.1) is 11.3 Å². The van der Waals surface area contributed by atoms with Crippen LogP contribution in [0.15, 0.2) is 0 Å². The van der Waals surface area contributed by atoms with Crippen molar-refractivity contribution in [3.63, 3.8) is 0 Å². The molecule has 0 aromatic carbocycles. The smallest absolute Gasteiger partial charge is 0.185 e. The Labute approximate surface area is 120 Å². The number of fused-ring (bicyclic) bond motifs is 2. The van der Waals surface area contributed by atoms with Crippen LogP contribution < -0.4 is 10.2 Å². The second-order valence-electron chi connectivity index (χ2n) is 6.23. The van der Waals surface area contributed by atoms with Crippen molar-refractivity contribution in [2.45, 2.75) is 45.1 Å². The number of hydrogen-bond acceptors (Lipinski definition) is 4. The summed E-state index contributed by atoms with van der Waals surface area (Å²) in [6.07, 6.45) is 6.46. The zero-order valence-corrected chi connectivity index (χ0v) is 13.1. The van der Waals surface area contributed by atoms with Gasteiger partial charge in [0.05, 0.1) is 5.69 Å². The Morgan fingerprint density at radius 1 is 1.37 bits per heavy atom. The highest BCUT2D eigenvalue weighted by Crippen LogP contribution is 2.39. The molecule has 0 spiro atoms. The zero-order valence-electron chi connectivity index (χ0n) is 12.3. The first kappa shape index (κ1) is 13.4. The van der Waals surface area contributed by atoms with Crippen molar-refractivity contribution in [2.75, 3.05) is 25.5 Å². The predicted octanol–water partition coefficient (Wildman–Crippen LogP) is 2.70. The molecule has 1 aliphatic heterocycles. The maximum absolute atomic E-state index is 4.85. The van der Waals surface area contributed by atoms with Crippen molar-refractivity contribution < 1.29 is 0 Å². The van der Waals surface area contributed by atoms with Gasteiger partial charge in [0.1, 0.15) is 0 Å². The van der Waals surface area contributed by atoms with Crippen molar-refractivity contribution in [2.24, 2.45) is 11.8 Å². The lowest BCUT2D eigenvalue weighted by atomic mass is 9.72. The van der Waals surface area contributed by atoms with E-state index < -0.39 is 0 Å². The maximum Gasteiger partial charge on any atom is 0.185 e. The molecule has 3 nitrogen and oxygen atoms in total. The molecule has 0 amide bonds. The van der Waals surface area contributed by atoms with Crippen molar-refractivity contribution in [1.82, 2.24) is 10.3 Å². The topological polar surface area (TPSA) is 28.2 Å². The second-order valence-corrected chi connectivity index (χ2v) is 7.29. The minimum atomic E-state index is 0.702. The number of thiazole rings is 1. The molecule has 4 heteroatoms. The SMILES string of the molecule is CCCC1CCN[C@@H]2Cc3sc(N(C)C)nc3C[C@@H]12. The average Bonchev–Trinajstić information content (AvgIpc) is 2.80. The van der Waals surface area contributed by atoms with Gasteiger partial charge in [-0.05, 0) is 37.6 Å². The molecule has 1 aliphatic carbocycles. The highest BCUT2D eigenvalue weighted by atomic mass is 32.1. The first-order valence-corrected chi connectivity index (χ1v) is 8.40. The Bertz CT molecular complexity index is 439. The minimum absolute atomic E-state index is 0.702.